The van der Waals surface area contributed by atoms with Gasteiger partial charge in [-0.2, -0.15) is 0 Å². The minimum atomic E-state index is 0.172. The van der Waals surface area contributed by atoms with Crippen molar-refractivity contribution in [3.05, 3.63) is 12.2 Å². The van der Waals surface area contributed by atoms with Crippen molar-refractivity contribution < 1.29 is 4.79 Å². The van der Waals surface area contributed by atoms with Crippen LogP contribution in [0.25, 0.3) is 0 Å². The summed E-state index contributed by atoms with van der Waals surface area (Å²) in [7, 11) is 0. The summed E-state index contributed by atoms with van der Waals surface area (Å²) in [6, 6.07) is 0. The van der Waals surface area contributed by atoms with Crippen molar-refractivity contribution in [3.8, 4) is 0 Å². The monoisotopic (exact) mass is 153 g/mol. The van der Waals surface area contributed by atoms with Gasteiger partial charge in [-0.15, -0.1) is 0 Å². The lowest BCUT2D eigenvalue weighted by Crippen LogP contribution is -2.27. The van der Waals surface area contributed by atoms with E-state index in [9.17, 15) is 4.79 Å². The quantitative estimate of drug-likeness (QED) is 0.600. The lowest BCUT2D eigenvalue weighted by atomic mass is 10.1. The predicted octanol–water partition coefficient (Wildman–Crippen LogP) is 1.43. The van der Waals surface area contributed by atoms with Gasteiger partial charge in [-0.25, -0.2) is 0 Å². The molecule has 1 aliphatic rings. The highest BCUT2D eigenvalue weighted by Gasteiger charge is 2.13. The van der Waals surface area contributed by atoms with Crippen molar-refractivity contribution in [2.45, 2.75) is 20.3 Å². The predicted molar refractivity (Wildman–Crippen MR) is 45.2 cm³/mol. The molecule has 62 valence electrons. The molecule has 2 heteroatoms. The first-order valence-electron chi connectivity index (χ1n) is 4.15. The standard InChI is InChI=1S/C9H15NO/c1-8(2)5-7-10-6-3-4-9(10)11/h3-4,8H,5-7H2,1-2H3. The lowest BCUT2D eigenvalue weighted by molar-refractivity contribution is -0.124. The molecule has 1 amide bonds. The highest BCUT2D eigenvalue weighted by Crippen LogP contribution is 2.06. The van der Waals surface area contributed by atoms with Gasteiger partial charge in [-0.05, 0) is 12.3 Å². The molecule has 0 saturated heterocycles. The van der Waals surface area contributed by atoms with E-state index in [1.807, 2.05) is 11.0 Å². The topological polar surface area (TPSA) is 20.3 Å². The second-order valence-corrected chi connectivity index (χ2v) is 3.37. The van der Waals surface area contributed by atoms with Crippen molar-refractivity contribution >= 4 is 5.91 Å². The van der Waals surface area contributed by atoms with Crippen molar-refractivity contribution in [1.82, 2.24) is 4.90 Å². The molecule has 0 N–H and O–H groups in total. The van der Waals surface area contributed by atoms with Crippen LogP contribution in [-0.4, -0.2) is 23.9 Å². The summed E-state index contributed by atoms with van der Waals surface area (Å²) >= 11 is 0. The van der Waals surface area contributed by atoms with Crippen LogP contribution >= 0.6 is 0 Å². The molecule has 0 aromatic heterocycles. The summed E-state index contributed by atoms with van der Waals surface area (Å²) in [4.78, 5) is 12.9. The Morgan fingerprint density at radius 1 is 1.64 bits per heavy atom. The van der Waals surface area contributed by atoms with Crippen LogP contribution < -0.4 is 0 Å². The zero-order valence-corrected chi connectivity index (χ0v) is 7.21. The van der Waals surface area contributed by atoms with Gasteiger partial charge >= 0.3 is 0 Å². The summed E-state index contributed by atoms with van der Waals surface area (Å²) in [6.07, 6.45) is 4.68. The van der Waals surface area contributed by atoms with Crippen LogP contribution in [0.2, 0.25) is 0 Å². The fourth-order valence-corrected chi connectivity index (χ4v) is 1.09. The molecule has 1 heterocycles. The number of carbonyl (C=O) groups excluding carboxylic acids is 1. The molecule has 0 spiro atoms. The molecular weight excluding hydrogens is 138 g/mol. The molecule has 0 bridgehead atoms. The minimum absolute atomic E-state index is 0.172. The average Bonchev–Trinajstić information content (AvgIpc) is 2.31. The van der Waals surface area contributed by atoms with E-state index < -0.39 is 0 Å². The lowest BCUT2D eigenvalue weighted by Gasteiger charge is -2.16. The molecule has 2 nitrogen and oxygen atoms in total. The molecule has 0 fully saturated rings. The molecule has 0 saturated carbocycles. The number of rotatable bonds is 3. The van der Waals surface area contributed by atoms with Gasteiger partial charge in [0.15, 0.2) is 0 Å². The molecule has 0 aromatic carbocycles. The van der Waals surface area contributed by atoms with Crippen LogP contribution in [0, 0.1) is 5.92 Å². The SMILES string of the molecule is CC(C)CCN1CC=CC1=O. The smallest absolute Gasteiger partial charge is 0.246 e. The highest BCUT2D eigenvalue weighted by atomic mass is 16.2. The zero-order chi connectivity index (χ0) is 8.27. The summed E-state index contributed by atoms with van der Waals surface area (Å²) in [5.74, 6) is 0.856. The fraction of sp³-hybridized carbons (Fsp3) is 0.667. The van der Waals surface area contributed by atoms with Gasteiger partial charge in [0.2, 0.25) is 5.91 Å². The van der Waals surface area contributed by atoms with Crippen LogP contribution in [0.3, 0.4) is 0 Å². The third kappa shape index (κ3) is 2.37. The van der Waals surface area contributed by atoms with Crippen LogP contribution in [0.15, 0.2) is 12.2 Å². The largest absolute Gasteiger partial charge is 0.335 e. The number of hydrogen-bond donors (Lipinski definition) is 0. The van der Waals surface area contributed by atoms with Crippen molar-refractivity contribution in [2.75, 3.05) is 13.1 Å². The van der Waals surface area contributed by atoms with Crippen molar-refractivity contribution in [1.29, 1.82) is 0 Å². The van der Waals surface area contributed by atoms with E-state index in [-0.39, 0.29) is 5.91 Å². The number of hydrogen-bond acceptors (Lipinski definition) is 1. The van der Waals surface area contributed by atoms with Crippen LogP contribution in [0.4, 0.5) is 0 Å². The molecule has 0 aliphatic carbocycles. The van der Waals surface area contributed by atoms with E-state index in [2.05, 4.69) is 13.8 Å². The summed E-state index contributed by atoms with van der Waals surface area (Å²) in [5.41, 5.74) is 0. The average molecular weight is 153 g/mol. The Hall–Kier alpha value is -0.790. The van der Waals surface area contributed by atoms with E-state index in [1.54, 1.807) is 6.08 Å². The normalized spacial score (nSPS) is 17.0. The van der Waals surface area contributed by atoms with E-state index in [4.69, 9.17) is 0 Å². The van der Waals surface area contributed by atoms with Gasteiger partial charge < -0.3 is 4.90 Å². The molecule has 11 heavy (non-hydrogen) atoms. The molecule has 0 atom stereocenters. The first-order valence-corrected chi connectivity index (χ1v) is 4.15. The molecule has 0 aromatic rings. The zero-order valence-electron chi connectivity index (χ0n) is 7.21. The molecular formula is C9H15NO. The molecule has 1 rings (SSSR count). The molecule has 0 radical (unpaired) electrons. The minimum Gasteiger partial charge on any atom is -0.335 e. The summed E-state index contributed by atoms with van der Waals surface area (Å²) < 4.78 is 0. The number of nitrogens with zero attached hydrogens (tertiary/aromatic N) is 1. The van der Waals surface area contributed by atoms with Crippen LogP contribution in [-0.2, 0) is 4.79 Å². The third-order valence-corrected chi connectivity index (χ3v) is 1.87. The first kappa shape index (κ1) is 8.31. The Bertz CT molecular complexity index is 172. The van der Waals surface area contributed by atoms with E-state index in [1.165, 1.54) is 0 Å². The van der Waals surface area contributed by atoms with Gasteiger partial charge in [0.05, 0.1) is 0 Å². The first-order chi connectivity index (χ1) is 5.20. The highest BCUT2D eigenvalue weighted by molar-refractivity contribution is 5.89. The number of amides is 1. The summed E-state index contributed by atoms with van der Waals surface area (Å²) in [5, 5.41) is 0. The van der Waals surface area contributed by atoms with Crippen LogP contribution in [0.1, 0.15) is 20.3 Å². The van der Waals surface area contributed by atoms with Gasteiger partial charge in [0, 0.05) is 19.2 Å². The van der Waals surface area contributed by atoms with E-state index >= 15 is 0 Å². The van der Waals surface area contributed by atoms with E-state index in [0.717, 1.165) is 19.5 Å². The Labute approximate surface area is 67.9 Å². The maximum Gasteiger partial charge on any atom is 0.246 e. The van der Waals surface area contributed by atoms with Crippen molar-refractivity contribution in [2.24, 2.45) is 5.92 Å². The summed E-state index contributed by atoms with van der Waals surface area (Å²) in [6.45, 7) is 6.07. The fourth-order valence-electron chi connectivity index (χ4n) is 1.09. The maximum absolute atomic E-state index is 11.0. The Balaban J connectivity index is 2.23. The van der Waals surface area contributed by atoms with Gasteiger partial charge in [-0.1, -0.05) is 19.9 Å². The second kappa shape index (κ2) is 3.56. The van der Waals surface area contributed by atoms with Crippen molar-refractivity contribution in [3.63, 3.8) is 0 Å². The Morgan fingerprint density at radius 3 is 2.82 bits per heavy atom. The van der Waals surface area contributed by atoms with Gasteiger partial charge in [-0.3, -0.25) is 4.79 Å². The van der Waals surface area contributed by atoms with Crippen LogP contribution in [0.5, 0.6) is 0 Å². The molecule has 0 unspecified atom stereocenters. The van der Waals surface area contributed by atoms with E-state index in [0.29, 0.717) is 5.92 Å². The number of carbonyl (C=O) groups is 1. The Kier molecular flexibility index (Phi) is 2.69. The van der Waals surface area contributed by atoms with Gasteiger partial charge in [0.25, 0.3) is 0 Å². The Morgan fingerprint density at radius 2 is 2.36 bits per heavy atom. The maximum atomic E-state index is 11.0. The van der Waals surface area contributed by atoms with Gasteiger partial charge in [0.1, 0.15) is 0 Å². The molecule has 1 aliphatic heterocycles. The third-order valence-electron chi connectivity index (χ3n) is 1.87. The second-order valence-electron chi connectivity index (χ2n) is 3.37.